The van der Waals surface area contributed by atoms with Gasteiger partial charge in [0.25, 0.3) is 0 Å². The number of likely N-dealkylation sites (tertiary alicyclic amines) is 1. The van der Waals surface area contributed by atoms with Crippen LogP contribution in [0.3, 0.4) is 0 Å². The molecule has 1 saturated heterocycles. The highest BCUT2D eigenvalue weighted by Crippen LogP contribution is 2.55. The first kappa shape index (κ1) is 17.9. The molecule has 1 aromatic carbocycles. The molecule has 4 rings (SSSR count). The zero-order chi connectivity index (χ0) is 18.5. The van der Waals surface area contributed by atoms with Crippen molar-refractivity contribution in [3.63, 3.8) is 0 Å². The van der Waals surface area contributed by atoms with E-state index in [4.69, 9.17) is 4.74 Å². The second kappa shape index (κ2) is 6.29. The summed E-state index contributed by atoms with van der Waals surface area (Å²) < 4.78 is 9.08. The van der Waals surface area contributed by atoms with Gasteiger partial charge in [0.2, 0.25) is 0 Å². The fourth-order valence-corrected chi connectivity index (χ4v) is 4.87. The molecule has 1 aliphatic carbocycles. The van der Waals surface area contributed by atoms with Crippen molar-refractivity contribution in [1.82, 2.24) is 9.47 Å². The third-order valence-corrected chi connectivity index (χ3v) is 6.38. The van der Waals surface area contributed by atoms with E-state index in [1.54, 1.807) is 0 Å². The van der Waals surface area contributed by atoms with Crippen molar-refractivity contribution in [2.45, 2.75) is 58.1 Å². The van der Waals surface area contributed by atoms with Crippen molar-refractivity contribution in [3.05, 3.63) is 34.9 Å². The van der Waals surface area contributed by atoms with E-state index < -0.39 is 5.60 Å². The summed E-state index contributed by atoms with van der Waals surface area (Å²) in [5, 5.41) is 1.29. The number of ether oxygens (including phenoxy) is 1. The van der Waals surface area contributed by atoms with E-state index in [1.165, 1.54) is 23.7 Å². The maximum Gasteiger partial charge on any atom is 0.410 e. The Morgan fingerprint density at radius 1 is 1.19 bits per heavy atom. The molecule has 1 amide bonds. The number of benzene rings is 1. The van der Waals surface area contributed by atoms with E-state index >= 15 is 0 Å². The van der Waals surface area contributed by atoms with Gasteiger partial charge in [-0.2, -0.15) is 0 Å². The van der Waals surface area contributed by atoms with Crippen LogP contribution in [-0.4, -0.2) is 34.3 Å². The van der Waals surface area contributed by atoms with E-state index in [9.17, 15) is 4.79 Å². The summed E-state index contributed by atoms with van der Waals surface area (Å²) in [6.45, 7) is 7.41. The maximum atomic E-state index is 12.3. The highest BCUT2D eigenvalue weighted by molar-refractivity contribution is 9.10. The number of rotatable bonds is 1. The van der Waals surface area contributed by atoms with E-state index in [-0.39, 0.29) is 6.09 Å². The molecule has 1 saturated carbocycles. The Morgan fingerprint density at radius 3 is 2.54 bits per heavy atom. The van der Waals surface area contributed by atoms with Gasteiger partial charge in [0.15, 0.2) is 0 Å². The maximum absolute atomic E-state index is 12.3. The second-order valence-electron chi connectivity index (χ2n) is 8.96. The minimum absolute atomic E-state index is 0.162. The first-order chi connectivity index (χ1) is 12.2. The molecule has 0 unspecified atom stereocenters. The van der Waals surface area contributed by atoms with Crippen molar-refractivity contribution in [3.8, 4) is 0 Å². The molecule has 2 aliphatic rings. The second-order valence-corrected chi connectivity index (χ2v) is 9.87. The van der Waals surface area contributed by atoms with Gasteiger partial charge in [-0.25, -0.2) is 4.79 Å². The monoisotopic (exact) mass is 418 g/mol. The molecule has 1 spiro atoms. The molecule has 0 radical (unpaired) electrons. The number of fused-ring (bicyclic) bond motifs is 1. The molecular formula is C21H27BrN2O2. The molecule has 1 aromatic heterocycles. The topological polar surface area (TPSA) is 34.5 Å². The molecule has 0 atom stereocenters. The summed E-state index contributed by atoms with van der Waals surface area (Å²) >= 11 is 3.55. The van der Waals surface area contributed by atoms with Gasteiger partial charge in [0.05, 0.1) is 0 Å². The minimum atomic E-state index is -0.418. The zero-order valence-electron chi connectivity index (χ0n) is 15.8. The highest BCUT2D eigenvalue weighted by atomic mass is 79.9. The van der Waals surface area contributed by atoms with Gasteiger partial charge in [-0.15, -0.1) is 0 Å². The molecule has 140 valence electrons. The molecule has 5 heteroatoms. The lowest BCUT2D eigenvalue weighted by Gasteiger charge is -2.52. The summed E-state index contributed by atoms with van der Waals surface area (Å²) in [6, 6.07) is 9.29. The minimum Gasteiger partial charge on any atom is -0.444 e. The van der Waals surface area contributed by atoms with Gasteiger partial charge >= 0.3 is 6.09 Å². The Morgan fingerprint density at radius 2 is 1.88 bits per heavy atom. The Kier molecular flexibility index (Phi) is 4.33. The molecule has 4 nitrogen and oxygen atoms in total. The predicted octanol–water partition coefficient (Wildman–Crippen LogP) is 5.76. The fraction of sp³-hybridized carbons (Fsp3) is 0.571. The summed E-state index contributed by atoms with van der Waals surface area (Å²) in [7, 11) is 0. The van der Waals surface area contributed by atoms with Crippen LogP contribution in [-0.2, 0) is 4.74 Å². The van der Waals surface area contributed by atoms with Gasteiger partial charge in [-0.1, -0.05) is 15.9 Å². The van der Waals surface area contributed by atoms with Crippen molar-refractivity contribution < 1.29 is 9.53 Å². The van der Waals surface area contributed by atoms with Crippen molar-refractivity contribution in [1.29, 1.82) is 0 Å². The number of carbonyl (C=O) groups is 1. The average molecular weight is 419 g/mol. The van der Waals surface area contributed by atoms with Gasteiger partial charge in [-0.05, 0) is 76.1 Å². The lowest BCUT2D eigenvalue weighted by atomic mass is 9.60. The lowest BCUT2D eigenvalue weighted by Crippen LogP contribution is -2.50. The van der Waals surface area contributed by atoms with Crippen LogP contribution in [0.1, 0.15) is 52.5 Å². The molecule has 2 fully saturated rings. The number of carbonyl (C=O) groups excluding carboxylic acids is 1. The molecule has 0 N–H and O–H groups in total. The van der Waals surface area contributed by atoms with E-state index in [0.29, 0.717) is 11.5 Å². The Balaban J connectivity index is 1.37. The zero-order valence-corrected chi connectivity index (χ0v) is 17.4. The van der Waals surface area contributed by atoms with Crippen LogP contribution in [0.5, 0.6) is 0 Å². The smallest absolute Gasteiger partial charge is 0.410 e. The molecule has 2 aromatic rings. The number of halogens is 1. The first-order valence-corrected chi connectivity index (χ1v) is 10.3. The summed E-state index contributed by atoms with van der Waals surface area (Å²) in [5.41, 5.74) is 1.31. The van der Waals surface area contributed by atoms with Crippen LogP contribution in [0, 0.1) is 5.41 Å². The fourth-order valence-electron chi connectivity index (χ4n) is 4.49. The van der Waals surface area contributed by atoms with Crippen LogP contribution in [0.2, 0.25) is 0 Å². The number of nitrogens with zero attached hydrogens (tertiary/aromatic N) is 2. The number of hydrogen-bond acceptors (Lipinski definition) is 2. The quantitative estimate of drug-likeness (QED) is 0.589. The Hall–Kier alpha value is -1.49. The molecular weight excluding hydrogens is 392 g/mol. The third kappa shape index (κ3) is 3.38. The van der Waals surface area contributed by atoms with Gasteiger partial charge in [0, 0.05) is 40.7 Å². The van der Waals surface area contributed by atoms with Crippen LogP contribution in [0.25, 0.3) is 10.9 Å². The largest absolute Gasteiger partial charge is 0.444 e. The molecule has 26 heavy (non-hydrogen) atoms. The van der Waals surface area contributed by atoms with Gasteiger partial charge in [-0.3, -0.25) is 0 Å². The third-order valence-electron chi connectivity index (χ3n) is 5.89. The predicted molar refractivity (Wildman–Crippen MR) is 107 cm³/mol. The standard InChI is InChI=1S/C21H27BrN2O2/c1-20(2,3)26-19(25)23-10-7-21(8-11-23)13-17(14-21)24-9-6-15-12-16(22)4-5-18(15)24/h4-6,9,12,17H,7-8,10-11,13-14H2,1-3H3. The van der Waals surface area contributed by atoms with Crippen LogP contribution in [0.4, 0.5) is 4.79 Å². The first-order valence-electron chi connectivity index (χ1n) is 9.49. The Bertz CT molecular complexity index is 820. The van der Waals surface area contributed by atoms with E-state index in [1.807, 2.05) is 25.7 Å². The highest BCUT2D eigenvalue weighted by Gasteiger charge is 2.47. The Labute approximate surface area is 163 Å². The van der Waals surface area contributed by atoms with E-state index in [0.717, 1.165) is 30.4 Å². The molecule has 0 bridgehead atoms. The lowest BCUT2D eigenvalue weighted by molar-refractivity contribution is -0.0225. The van der Waals surface area contributed by atoms with Crippen molar-refractivity contribution >= 4 is 32.9 Å². The van der Waals surface area contributed by atoms with Crippen LogP contribution < -0.4 is 0 Å². The van der Waals surface area contributed by atoms with Gasteiger partial charge in [0.1, 0.15) is 5.60 Å². The molecule has 1 aliphatic heterocycles. The van der Waals surface area contributed by atoms with Gasteiger partial charge < -0.3 is 14.2 Å². The summed E-state index contributed by atoms with van der Waals surface area (Å²) in [4.78, 5) is 14.1. The summed E-state index contributed by atoms with van der Waals surface area (Å²) in [6.07, 6.45) is 6.68. The summed E-state index contributed by atoms with van der Waals surface area (Å²) in [5.74, 6) is 0. The van der Waals surface area contributed by atoms with Crippen molar-refractivity contribution in [2.24, 2.45) is 5.41 Å². The number of amides is 1. The molecule has 2 heterocycles. The van der Waals surface area contributed by atoms with E-state index in [2.05, 4.69) is 51.0 Å². The van der Waals surface area contributed by atoms with Crippen molar-refractivity contribution in [2.75, 3.05) is 13.1 Å². The number of piperidine rings is 1. The van der Waals surface area contributed by atoms with Crippen LogP contribution in [0.15, 0.2) is 34.9 Å². The number of aromatic nitrogens is 1. The van der Waals surface area contributed by atoms with Crippen LogP contribution >= 0.6 is 15.9 Å². The normalized spacial score (nSPS) is 20.4. The average Bonchev–Trinajstić information content (AvgIpc) is 2.93. The SMILES string of the molecule is CC(C)(C)OC(=O)N1CCC2(CC1)CC(n1ccc3cc(Br)ccc31)C2. The number of hydrogen-bond donors (Lipinski definition) is 0.